The minimum Gasteiger partial charge on any atom is -0.388 e. The van der Waals surface area contributed by atoms with E-state index in [2.05, 4.69) is 16.9 Å². The fourth-order valence-corrected chi connectivity index (χ4v) is 3.35. The molecule has 28 heavy (non-hydrogen) atoms. The van der Waals surface area contributed by atoms with Crippen LogP contribution < -0.4 is 0 Å². The van der Waals surface area contributed by atoms with Crippen LogP contribution in [0.3, 0.4) is 0 Å². The molecule has 0 bridgehead atoms. The first-order valence-electron chi connectivity index (χ1n) is 9.57. The van der Waals surface area contributed by atoms with Gasteiger partial charge in [-0.05, 0) is 24.5 Å². The Balaban J connectivity index is 2.16. The maximum atomic E-state index is 13.1. The number of imidazole rings is 1. The van der Waals surface area contributed by atoms with Gasteiger partial charge in [-0.25, -0.2) is 9.97 Å². The molecule has 0 fully saturated rings. The molecule has 7 heteroatoms. The molecule has 2 heterocycles. The molecule has 1 N–H and O–H groups in total. The Morgan fingerprint density at radius 1 is 1.14 bits per heavy atom. The minimum absolute atomic E-state index is 0.205. The van der Waals surface area contributed by atoms with Crippen LogP contribution in [0.25, 0.3) is 22.6 Å². The Hall–Kier alpha value is -2.41. The van der Waals surface area contributed by atoms with E-state index in [1.54, 1.807) is 0 Å². The minimum atomic E-state index is -4.47. The number of aromatic nitrogens is 3. The monoisotopic (exact) mass is 391 g/mol. The van der Waals surface area contributed by atoms with Gasteiger partial charge in [-0.1, -0.05) is 51.0 Å². The topological polar surface area (TPSA) is 50.9 Å². The average molecular weight is 391 g/mol. The molecule has 1 unspecified atom stereocenters. The first-order chi connectivity index (χ1) is 13.4. The molecule has 1 aromatic carbocycles. The van der Waals surface area contributed by atoms with Gasteiger partial charge in [0, 0.05) is 18.3 Å². The summed E-state index contributed by atoms with van der Waals surface area (Å²) in [6, 6.07) is 8.42. The number of rotatable bonds is 7. The fraction of sp³-hybridized carbons (Fsp3) is 0.429. The molecule has 150 valence electrons. The number of hydrogen-bond donors (Lipinski definition) is 1. The Bertz CT molecular complexity index is 950. The van der Waals surface area contributed by atoms with E-state index in [1.165, 1.54) is 0 Å². The number of aliphatic hydroxyl groups is 1. The van der Waals surface area contributed by atoms with Crippen molar-refractivity contribution in [2.24, 2.45) is 0 Å². The molecule has 4 nitrogen and oxygen atoms in total. The Morgan fingerprint density at radius 3 is 2.57 bits per heavy atom. The summed E-state index contributed by atoms with van der Waals surface area (Å²) in [5.74, 6) is 0.537. The lowest BCUT2D eigenvalue weighted by atomic mass is 9.98. The molecular weight excluding hydrogens is 367 g/mol. The molecule has 0 spiro atoms. The number of nitrogens with zero attached hydrogens (tertiary/aromatic N) is 3. The van der Waals surface area contributed by atoms with Gasteiger partial charge in [0.1, 0.15) is 11.3 Å². The Kier molecular flexibility index (Phi) is 6.03. The van der Waals surface area contributed by atoms with Crippen molar-refractivity contribution in [3.05, 3.63) is 47.7 Å². The van der Waals surface area contributed by atoms with Crippen LogP contribution >= 0.6 is 0 Å². The highest BCUT2D eigenvalue weighted by Gasteiger charge is 2.32. The second-order valence-electron chi connectivity index (χ2n) is 6.90. The van der Waals surface area contributed by atoms with E-state index in [1.807, 2.05) is 35.8 Å². The summed E-state index contributed by atoms with van der Waals surface area (Å²) in [5, 5.41) is 10.6. The zero-order valence-electron chi connectivity index (χ0n) is 16.0. The summed E-state index contributed by atoms with van der Waals surface area (Å²) in [5.41, 5.74) is 1.27. The van der Waals surface area contributed by atoms with Gasteiger partial charge in [0.05, 0.1) is 11.7 Å². The molecule has 3 rings (SSSR count). The van der Waals surface area contributed by atoms with Crippen LogP contribution in [-0.4, -0.2) is 19.6 Å². The van der Waals surface area contributed by atoms with E-state index in [0.717, 1.165) is 42.7 Å². The molecule has 1 atom stereocenters. The fourth-order valence-electron chi connectivity index (χ4n) is 3.35. The van der Waals surface area contributed by atoms with Crippen molar-refractivity contribution in [2.45, 2.75) is 58.4 Å². The number of unbranched alkanes of at least 4 members (excludes halogenated alkanes) is 1. The molecule has 0 aliphatic rings. The largest absolute Gasteiger partial charge is 0.417 e. The third-order valence-corrected chi connectivity index (χ3v) is 4.75. The predicted molar refractivity (Wildman–Crippen MR) is 103 cm³/mol. The summed E-state index contributed by atoms with van der Waals surface area (Å²) >= 11 is 0. The molecule has 0 aliphatic carbocycles. The number of halogens is 3. The number of fused-ring (bicyclic) bond motifs is 1. The molecule has 0 saturated carbocycles. The highest BCUT2D eigenvalue weighted by atomic mass is 19.4. The number of alkyl halides is 3. The van der Waals surface area contributed by atoms with Gasteiger partial charge in [0.15, 0.2) is 5.65 Å². The van der Waals surface area contributed by atoms with Crippen LogP contribution in [0.2, 0.25) is 0 Å². The molecule has 0 amide bonds. The number of aryl methyl sites for hydroxylation is 1. The van der Waals surface area contributed by atoms with Gasteiger partial charge in [-0.2, -0.15) is 13.2 Å². The summed E-state index contributed by atoms with van der Waals surface area (Å²) in [4.78, 5) is 8.54. The maximum absolute atomic E-state index is 13.1. The number of pyridine rings is 1. The van der Waals surface area contributed by atoms with Crippen molar-refractivity contribution in [1.82, 2.24) is 14.5 Å². The highest BCUT2D eigenvalue weighted by molar-refractivity contribution is 5.78. The van der Waals surface area contributed by atoms with Crippen molar-refractivity contribution in [3.8, 4) is 11.4 Å². The van der Waals surface area contributed by atoms with Crippen LogP contribution in [0.15, 0.2) is 36.5 Å². The quantitative estimate of drug-likeness (QED) is 0.558. The van der Waals surface area contributed by atoms with E-state index in [-0.39, 0.29) is 5.52 Å². The summed E-state index contributed by atoms with van der Waals surface area (Å²) in [6.07, 6.45) is -1.01. The second-order valence-corrected chi connectivity index (χ2v) is 6.90. The Morgan fingerprint density at radius 2 is 1.89 bits per heavy atom. The van der Waals surface area contributed by atoms with Gasteiger partial charge in [0.2, 0.25) is 0 Å². The highest BCUT2D eigenvalue weighted by Crippen LogP contribution is 2.34. The van der Waals surface area contributed by atoms with E-state index < -0.39 is 17.8 Å². The van der Waals surface area contributed by atoms with Crippen LogP contribution in [0, 0.1) is 0 Å². The molecular formula is C21H24F3N3O. The van der Waals surface area contributed by atoms with E-state index in [4.69, 9.17) is 0 Å². The van der Waals surface area contributed by atoms with Crippen LogP contribution in [0.4, 0.5) is 13.2 Å². The van der Waals surface area contributed by atoms with Crippen molar-refractivity contribution in [3.63, 3.8) is 0 Å². The van der Waals surface area contributed by atoms with Gasteiger partial charge < -0.3 is 9.67 Å². The zero-order chi connectivity index (χ0) is 20.3. The summed E-state index contributed by atoms with van der Waals surface area (Å²) in [6.45, 7) is 4.62. The average Bonchev–Trinajstić information content (AvgIpc) is 3.03. The van der Waals surface area contributed by atoms with Crippen LogP contribution in [0.5, 0.6) is 0 Å². The van der Waals surface area contributed by atoms with Gasteiger partial charge in [-0.3, -0.25) is 0 Å². The predicted octanol–water partition coefficient (Wildman–Crippen LogP) is 5.75. The lowest BCUT2D eigenvalue weighted by molar-refractivity contribution is -0.137. The van der Waals surface area contributed by atoms with E-state index >= 15 is 0 Å². The van der Waals surface area contributed by atoms with E-state index in [9.17, 15) is 18.3 Å². The van der Waals surface area contributed by atoms with Gasteiger partial charge >= 0.3 is 6.18 Å². The van der Waals surface area contributed by atoms with Crippen molar-refractivity contribution >= 4 is 11.2 Å². The second kappa shape index (κ2) is 8.31. The lowest BCUT2D eigenvalue weighted by Gasteiger charge is -2.16. The maximum Gasteiger partial charge on any atom is 0.417 e. The number of benzene rings is 1. The van der Waals surface area contributed by atoms with Crippen molar-refractivity contribution in [1.29, 1.82) is 0 Å². The number of aliphatic hydroxyl groups excluding tert-OH is 1. The smallest absolute Gasteiger partial charge is 0.388 e. The summed E-state index contributed by atoms with van der Waals surface area (Å²) < 4.78 is 41.1. The SMILES string of the molecule is CCCCC(O)c1ccccc1-c1nc2cc(C(F)(F)F)cnc2n1CCC. The third kappa shape index (κ3) is 4.04. The number of hydrogen-bond acceptors (Lipinski definition) is 3. The summed E-state index contributed by atoms with van der Waals surface area (Å²) in [7, 11) is 0. The first kappa shape index (κ1) is 20.3. The lowest BCUT2D eigenvalue weighted by Crippen LogP contribution is -2.07. The van der Waals surface area contributed by atoms with Gasteiger partial charge in [0.25, 0.3) is 0 Å². The Labute approximate surface area is 162 Å². The van der Waals surface area contributed by atoms with E-state index in [0.29, 0.717) is 24.4 Å². The van der Waals surface area contributed by atoms with Crippen LogP contribution in [0.1, 0.15) is 56.8 Å². The molecule has 0 aliphatic heterocycles. The zero-order valence-corrected chi connectivity index (χ0v) is 16.0. The van der Waals surface area contributed by atoms with Crippen LogP contribution in [-0.2, 0) is 12.7 Å². The molecule has 2 aromatic heterocycles. The van der Waals surface area contributed by atoms with Gasteiger partial charge in [-0.15, -0.1) is 0 Å². The standard InChI is InChI=1S/C21H24F3N3O/c1-3-5-10-18(28)15-8-6-7-9-16(15)19-26-17-12-14(21(22,23)24)13-25-20(17)27(19)11-4-2/h6-9,12-13,18,28H,3-5,10-11H2,1-2H3. The molecule has 3 aromatic rings. The normalized spacial score (nSPS) is 13.2. The van der Waals surface area contributed by atoms with Crippen molar-refractivity contribution in [2.75, 3.05) is 0 Å². The third-order valence-electron chi connectivity index (χ3n) is 4.75. The molecule has 0 saturated heterocycles. The first-order valence-corrected chi connectivity index (χ1v) is 9.57. The van der Waals surface area contributed by atoms with Crippen molar-refractivity contribution < 1.29 is 18.3 Å². The molecule has 0 radical (unpaired) electrons.